The van der Waals surface area contributed by atoms with Crippen LogP contribution in [-0.4, -0.2) is 19.8 Å². The molecule has 0 saturated heterocycles. The molecule has 0 unspecified atom stereocenters. The molecule has 0 spiro atoms. The predicted octanol–water partition coefficient (Wildman–Crippen LogP) is 1.84. The Kier molecular flexibility index (Phi) is 4.40. The van der Waals surface area contributed by atoms with Crippen LogP contribution in [0.3, 0.4) is 0 Å². The van der Waals surface area contributed by atoms with E-state index >= 15 is 0 Å². The zero-order valence-electron chi connectivity index (χ0n) is 11.2. The Morgan fingerprint density at radius 2 is 2.00 bits per heavy atom. The van der Waals surface area contributed by atoms with Crippen LogP contribution in [0.1, 0.15) is 11.1 Å². The molecule has 8 heteroatoms. The van der Waals surface area contributed by atoms with E-state index < -0.39 is 26.6 Å². The Balaban J connectivity index is 2.41. The largest absolute Gasteiger partial charge is 0.472 e. The van der Waals surface area contributed by atoms with E-state index in [0.29, 0.717) is 5.56 Å². The molecule has 0 radical (unpaired) electrons. The second-order valence-electron chi connectivity index (χ2n) is 4.49. The van der Waals surface area contributed by atoms with Crippen molar-refractivity contribution in [2.75, 3.05) is 7.05 Å². The fourth-order valence-corrected chi connectivity index (χ4v) is 3.09. The van der Waals surface area contributed by atoms with Gasteiger partial charge in [0.25, 0.3) is 0 Å². The number of rotatable bonds is 5. The van der Waals surface area contributed by atoms with Gasteiger partial charge in [-0.1, -0.05) is 0 Å². The highest BCUT2D eigenvalue weighted by Gasteiger charge is 2.27. The second kappa shape index (κ2) is 5.92. The lowest BCUT2D eigenvalue weighted by atomic mass is 10.2. The Morgan fingerprint density at radius 3 is 2.57 bits per heavy atom. The molecule has 2 aromatic rings. The lowest BCUT2D eigenvalue weighted by molar-refractivity contribution is 0.445. The minimum atomic E-state index is -4.18. The van der Waals surface area contributed by atoms with Gasteiger partial charge in [0.05, 0.1) is 12.5 Å². The third-order valence-electron chi connectivity index (χ3n) is 2.96. The van der Waals surface area contributed by atoms with Crippen molar-refractivity contribution in [1.29, 1.82) is 0 Å². The van der Waals surface area contributed by atoms with E-state index in [1.54, 1.807) is 6.07 Å². The summed E-state index contributed by atoms with van der Waals surface area (Å²) in [5.41, 5.74) is 6.15. The normalized spacial score (nSPS) is 12.0. The number of hydrogen-bond donors (Lipinski definition) is 1. The second-order valence-corrected chi connectivity index (χ2v) is 6.50. The molecule has 0 fully saturated rings. The Morgan fingerprint density at radius 1 is 1.29 bits per heavy atom. The number of benzene rings is 1. The number of furan rings is 1. The molecule has 114 valence electrons. The molecule has 0 saturated carbocycles. The van der Waals surface area contributed by atoms with Gasteiger partial charge in [-0.25, -0.2) is 17.2 Å². The summed E-state index contributed by atoms with van der Waals surface area (Å²) in [5, 5.41) is 0. The van der Waals surface area contributed by atoms with Crippen molar-refractivity contribution >= 4 is 10.0 Å². The quantitative estimate of drug-likeness (QED) is 0.913. The van der Waals surface area contributed by atoms with Crippen molar-refractivity contribution in [3.8, 4) is 0 Å². The van der Waals surface area contributed by atoms with Crippen molar-refractivity contribution < 1.29 is 21.6 Å². The van der Waals surface area contributed by atoms with Crippen molar-refractivity contribution in [3.05, 3.63) is 53.5 Å². The maximum Gasteiger partial charge on any atom is 0.246 e. The fraction of sp³-hybridized carbons (Fsp3) is 0.231. The maximum atomic E-state index is 13.8. The third-order valence-corrected chi connectivity index (χ3v) is 4.77. The van der Waals surface area contributed by atoms with Crippen molar-refractivity contribution in [2.24, 2.45) is 5.73 Å². The Labute approximate surface area is 121 Å². The highest BCUT2D eigenvalue weighted by Crippen LogP contribution is 2.23. The molecule has 21 heavy (non-hydrogen) atoms. The molecular weight excluding hydrogens is 302 g/mol. The summed E-state index contributed by atoms with van der Waals surface area (Å²) in [6, 6.07) is 3.50. The SMILES string of the molecule is CN(Cc1ccoc1)S(=O)(=O)c1cc(CN)cc(F)c1F. The van der Waals surface area contributed by atoms with Gasteiger partial charge in [0, 0.05) is 25.7 Å². The highest BCUT2D eigenvalue weighted by atomic mass is 32.2. The first kappa shape index (κ1) is 15.6. The molecule has 0 amide bonds. The van der Waals surface area contributed by atoms with Gasteiger partial charge < -0.3 is 10.2 Å². The van der Waals surface area contributed by atoms with E-state index in [0.717, 1.165) is 16.4 Å². The number of nitrogens with two attached hydrogens (primary N) is 1. The van der Waals surface area contributed by atoms with Crippen LogP contribution in [0.4, 0.5) is 8.78 Å². The first-order chi connectivity index (χ1) is 9.86. The molecule has 1 aromatic carbocycles. The molecule has 1 aromatic heterocycles. The van der Waals surface area contributed by atoms with Crippen LogP contribution in [0.5, 0.6) is 0 Å². The van der Waals surface area contributed by atoms with E-state index in [2.05, 4.69) is 0 Å². The van der Waals surface area contributed by atoms with Crippen LogP contribution in [-0.2, 0) is 23.1 Å². The topological polar surface area (TPSA) is 76.5 Å². The summed E-state index contributed by atoms with van der Waals surface area (Å²) in [6.45, 7) is -0.113. The fourth-order valence-electron chi connectivity index (χ4n) is 1.82. The van der Waals surface area contributed by atoms with E-state index in [4.69, 9.17) is 10.2 Å². The molecule has 2 N–H and O–H groups in total. The first-order valence-corrected chi connectivity index (χ1v) is 7.45. The van der Waals surface area contributed by atoms with Gasteiger partial charge in [0.2, 0.25) is 10.0 Å². The number of sulfonamides is 1. The van der Waals surface area contributed by atoms with Crippen LogP contribution in [0.25, 0.3) is 0 Å². The molecule has 5 nitrogen and oxygen atoms in total. The summed E-state index contributed by atoms with van der Waals surface area (Å²) in [5.74, 6) is -2.65. The number of hydrogen-bond acceptors (Lipinski definition) is 4. The van der Waals surface area contributed by atoms with E-state index in [1.807, 2.05) is 0 Å². The summed E-state index contributed by atoms with van der Waals surface area (Å²) in [6.07, 6.45) is 2.77. The third kappa shape index (κ3) is 3.12. The summed E-state index contributed by atoms with van der Waals surface area (Å²) in [7, 11) is -2.91. The summed E-state index contributed by atoms with van der Waals surface area (Å²) >= 11 is 0. The lowest BCUT2D eigenvalue weighted by Crippen LogP contribution is -2.27. The summed E-state index contributed by atoms with van der Waals surface area (Å²) < 4.78 is 57.7. The molecule has 1 heterocycles. The van der Waals surface area contributed by atoms with Crippen LogP contribution in [0, 0.1) is 11.6 Å². The van der Waals surface area contributed by atoms with Gasteiger partial charge in [-0.05, 0) is 23.8 Å². The van der Waals surface area contributed by atoms with Crippen molar-refractivity contribution in [3.63, 3.8) is 0 Å². The van der Waals surface area contributed by atoms with Crippen LogP contribution < -0.4 is 5.73 Å². The standard InChI is InChI=1S/C13H14F2N2O3S/c1-17(7-9-2-3-20-8-9)21(18,19)12-5-10(6-16)4-11(14)13(12)15/h2-5,8H,6-7,16H2,1H3. The lowest BCUT2D eigenvalue weighted by Gasteiger charge is -2.17. The zero-order chi connectivity index (χ0) is 15.6. The van der Waals surface area contributed by atoms with E-state index in [9.17, 15) is 17.2 Å². The van der Waals surface area contributed by atoms with Crippen molar-refractivity contribution in [2.45, 2.75) is 18.0 Å². The Hall–Kier alpha value is -1.77. The van der Waals surface area contributed by atoms with E-state index in [-0.39, 0.29) is 18.7 Å². The van der Waals surface area contributed by atoms with Crippen LogP contribution in [0.2, 0.25) is 0 Å². The average Bonchev–Trinajstić information content (AvgIpc) is 2.94. The van der Waals surface area contributed by atoms with Crippen molar-refractivity contribution in [1.82, 2.24) is 4.31 Å². The minimum Gasteiger partial charge on any atom is -0.472 e. The maximum absolute atomic E-state index is 13.8. The molecule has 0 aliphatic carbocycles. The molecule has 0 aliphatic heterocycles. The summed E-state index contributed by atoms with van der Waals surface area (Å²) in [4.78, 5) is -0.728. The zero-order valence-corrected chi connectivity index (χ0v) is 12.0. The van der Waals surface area contributed by atoms with E-state index in [1.165, 1.54) is 19.6 Å². The first-order valence-electron chi connectivity index (χ1n) is 6.01. The number of halogens is 2. The molecule has 0 bridgehead atoms. The minimum absolute atomic E-state index is 0.0211. The molecule has 0 atom stereocenters. The van der Waals surface area contributed by atoms with Gasteiger partial charge >= 0.3 is 0 Å². The number of nitrogens with zero attached hydrogens (tertiary/aromatic N) is 1. The smallest absolute Gasteiger partial charge is 0.246 e. The van der Waals surface area contributed by atoms with Crippen LogP contribution in [0.15, 0.2) is 40.0 Å². The molecule has 0 aliphatic rings. The van der Waals surface area contributed by atoms with Gasteiger partial charge in [0.15, 0.2) is 11.6 Å². The van der Waals surface area contributed by atoms with Gasteiger partial charge in [-0.2, -0.15) is 4.31 Å². The van der Waals surface area contributed by atoms with Gasteiger partial charge in [-0.15, -0.1) is 0 Å². The van der Waals surface area contributed by atoms with Gasteiger partial charge in [0.1, 0.15) is 4.90 Å². The average molecular weight is 316 g/mol. The monoisotopic (exact) mass is 316 g/mol. The molecular formula is C13H14F2N2O3S. The van der Waals surface area contributed by atoms with Gasteiger partial charge in [-0.3, -0.25) is 0 Å². The van der Waals surface area contributed by atoms with Crippen LogP contribution >= 0.6 is 0 Å². The molecule has 2 rings (SSSR count). The predicted molar refractivity (Wildman–Crippen MR) is 71.6 cm³/mol. The highest BCUT2D eigenvalue weighted by molar-refractivity contribution is 7.89. The Bertz CT molecular complexity index is 730.